The molecule has 1 N–H and O–H groups in total. The van der Waals surface area contributed by atoms with Crippen molar-refractivity contribution in [1.82, 2.24) is 9.80 Å². The molecule has 0 aliphatic carbocycles. The molecule has 0 aromatic carbocycles. The molecule has 2 saturated heterocycles. The van der Waals surface area contributed by atoms with Gasteiger partial charge in [0.1, 0.15) is 0 Å². The van der Waals surface area contributed by atoms with E-state index in [0.29, 0.717) is 39.4 Å². The predicted molar refractivity (Wildman–Crippen MR) is 59.7 cm³/mol. The zero-order valence-electron chi connectivity index (χ0n) is 9.96. The smallest absolute Gasteiger partial charge is 0.320 e. The first kappa shape index (κ1) is 12.2. The third-order valence-electron chi connectivity index (χ3n) is 3.48. The number of urea groups is 1. The normalized spacial score (nSPS) is 29.5. The van der Waals surface area contributed by atoms with Gasteiger partial charge in [0.25, 0.3) is 0 Å². The zero-order chi connectivity index (χ0) is 12.4. The van der Waals surface area contributed by atoms with Crippen LogP contribution in [0.1, 0.15) is 6.92 Å². The fourth-order valence-electron chi connectivity index (χ4n) is 2.40. The minimum atomic E-state index is -0.810. The summed E-state index contributed by atoms with van der Waals surface area (Å²) < 4.78 is 5.19. The lowest BCUT2D eigenvalue weighted by atomic mass is 9.99. The van der Waals surface area contributed by atoms with Crippen molar-refractivity contribution in [2.24, 2.45) is 11.8 Å². The van der Waals surface area contributed by atoms with Crippen molar-refractivity contribution in [2.75, 3.05) is 39.4 Å². The molecule has 0 bridgehead atoms. The van der Waals surface area contributed by atoms with Gasteiger partial charge in [-0.05, 0) is 5.92 Å². The number of rotatable bonds is 1. The van der Waals surface area contributed by atoms with Gasteiger partial charge in [-0.2, -0.15) is 0 Å². The van der Waals surface area contributed by atoms with Crippen LogP contribution in [0.2, 0.25) is 0 Å². The molecule has 17 heavy (non-hydrogen) atoms. The van der Waals surface area contributed by atoms with E-state index in [9.17, 15) is 9.59 Å². The summed E-state index contributed by atoms with van der Waals surface area (Å²) in [5.74, 6) is -1.22. The third kappa shape index (κ3) is 2.52. The summed E-state index contributed by atoms with van der Waals surface area (Å²) in [5.41, 5.74) is 0. The number of hydrogen-bond donors (Lipinski definition) is 1. The molecule has 6 heteroatoms. The molecule has 0 radical (unpaired) electrons. The second-order valence-electron chi connectivity index (χ2n) is 4.71. The third-order valence-corrected chi connectivity index (χ3v) is 3.48. The Morgan fingerprint density at radius 3 is 2.35 bits per heavy atom. The first-order valence-corrected chi connectivity index (χ1v) is 5.94. The maximum absolute atomic E-state index is 12.1. The van der Waals surface area contributed by atoms with Crippen LogP contribution >= 0.6 is 0 Å². The number of morpholine rings is 1. The topological polar surface area (TPSA) is 70.1 Å². The van der Waals surface area contributed by atoms with E-state index in [4.69, 9.17) is 9.84 Å². The summed E-state index contributed by atoms with van der Waals surface area (Å²) in [7, 11) is 0. The summed E-state index contributed by atoms with van der Waals surface area (Å²) >= 11 is 0. The van der Waals surface area contributed by atoms with Gasteiger partial charge in [0.2, 0.25) is 0 Å². The molecule has 2 aliphatic rings. The van der Waals surface area contributed by atoms with Gasteiger partial charge in [0, 0.05) is 26.2 Å². The van der Waals surface area contributed by atoms with Crippen LogP contribution in [0.15, 0.2) is 0 Å². The molecule has 2 amide bonds. The molecule has 0 aromatic rings. The van der Waals surface area contributed by atoms with Gasteiger partial charge in [0.05, 0.1) is 19.1 Å². The number of nitrogens with zero attached hydrogens (tertiary/aromatic N) is 2. The number of aliphatic carboxylic acids is 1. The molecule has 2 aliphatic heterocycles. The number of carbonyl (C=O) groups is 2. The highest BCUT2D eigenvalue weighted by molar-refractivity contribution is 5.77. The Kier molecular flexibility index (Phi) is 3.51. The first-order valence-electron chi connectivity index (χ1n) is 5.94. The highest BCUT2D eigenvalue weighted by atomic mass is 16.5. The lowest BCUT2D eigenvalue weighted by Crippen LogP contribution is -2.47. The van der Waals surface area contributed by atoms with E-state index in [1.807, 2.05) is 6.92 Å². The molecular formula is C11H18N2O4. The predicted octanol–water partition coefficient (Wildman–Crippen LogP) is 0.0911. The van der Waals surface area contributed by atoms with Gasteiger partial charge in [0.15, 0.2) is 0 Å². The number of hydrogen-bond acceptors (Lipinski definition) is 3. The van der Waals surface area contributed by atoms with Crippen LogP contribution in [-0.2, 0) is 9.53 Å². The molecule has 0 aromatic heterocycles. The Morgan fingerprint density at radius 1 is 1.18 bits per heavy atom. The van der Waals surface area contributed by atoms with E-state index in [1.165, 1.54) is 0 Å². The van der Waals surface area contributed by atoms with Crippen LogP contribution in [0, 0.1) is 11.8 Å². The second kappa shape index (κ2) is 4.91. The average molecular weight is 242 g/mol. The first-order chi connectivity index (χ1) is 8.09. The average Bonchev–Trinajstić information content (AvgIpc) is 2.71. The molecule has 6 nitrogen and oxygen atoms in total. The van der Waals surface area contributed by atoms with Crippen molar-refractivity contribution < 1.29 is 19.4 Å². The fourth-order valence-corrected chi connectivity index (χ4v) is 2.40. The van der Waals surface area contributed by atoms with Gasteiger partial charge in [-0.1, -0.05) is 6.92 Å². The van der Waals surface area contributed by atoms with Crippen molar-refractivity contribution >= 4 is 12.0 Å². The number of carboxylic acids is 1. The van der Waals surface area contributed by atoms with Gasteiger partial charge >= 0.3 is 12.0 Å². The van der Waals surface area contributed by atoms with Gasteiger partial charge in [-0.15, -0.1) is 0 Å². The molecule has 2 fully saturated rings. The minimum absolute atomic E-state index is 0.0255. The van der Waals surface area contributed by atoms with E-state index in [2.05, 4.69) is 0 Å². The largest absolute Gasteiger partial charge is 0.481 e. The van der Waals surface area contributed by atoms with Crippen LogP contribution in [0.5, 0.6) is 0 Å². The maximum atomic E-state index is 12.1. The fraction of sp³-hybridized carbons (Fsp3) is 0.818. The Hall–Kier alpha value is -1.30. The van der Waals surface area contributed by atoms with E-state index in [1.54, 1.807) is 9.80 Å². The zero-order valence-corrected chi connectivity index (χ0v) is 9.96. The highest BCUT2D eigenvalue weighted by Crippen LogP contribution is 2.24. The van der Waals surface area contributed by atoms with Crippen molar-refractivity contribution in [3.8, 4) is 0 Å². The number of carbonyl (C=O) groups excluding carboxylic acids is 1. The quantitative estimate of drug-likeness (QED) is 0.707. The number of amides is 2. The Bertz CT molecular complexity index is 315. The molecule has 2 heterocycles. The Labute approximate surface area is 100 Å². The van der Waals surface area contributed by atoms with E-state index < -0.39 is 11.9 Å². The Balaban J connectivity index is 1.94. The van der Waals surface area contributed by atoms with Crippen LogP contribution in [-0.4, -0.2) is 66.3 Å². The van der Waals surface area contributed by atoms with Crippen LogP contribution < -0.4 is 0 Å². The molecule has 96 valence electrons. The number of ether oxygens (including phenoxy) is 1. The molecule has 0 unspecified atom stereocenters. The van der Waals surface area contributed by atoms with Crippen LogP contribution in [0.3, 0.4) is 0 Å². The molecule has 0 spiro atoms. The van der Waals surface area contributed by atoms with Gasteiger partial charge in [-0.25, -0.2) is 4.79 Å². The summed E-state index contributed by atoms with van der Waals surface area (Å²) in [6.07, 6.45) is 0. The van der Waals surface area contributed by atoms with Crippen molar-refractivity contribution in [3.63, 3.8) is 0 Å². The van der Waals surface area contributed by atoms with Gasteiger partial charge < -0.3 is 19.6 Å². The summed E-state index contributed by atoms with van der Waals surface area (Å²) in [6, 6.07) is -0.0519. The standard InChI is InChI=1S/C11H18N2O4/c1-8-6-13(7-9(8)10(14)15)11(16)12-2-4-17-5-3-12/h8-9H,2-7H2,1H3,(H,14,15)/t8-,9-/m1/s1. The summed E-state index contributed by atoms with van der Waals surface area (Å²) in [5, 5.41) is 9.02. The second-order valence-corrected chi connectivity index (χ2v) is 4.71. The van der Waals surface area contributed by atoms with Crippen LogP contribution in [0.25, 0.3) is 0 Å². The van der Waals surface area contributed by atoms with Crippen molar-refractivity contribution in [3.05, 3.63) is 0 Å². The Morgan fingerprint density at radius 2 is 1.82 bits per heavy atom. The van der Waals surface area contributed by atoms with E-state index >= 15 is 0 Å². The molecule has 2 rings (SSSR count). The lowest BCUT2D eigenvalue weighted by molar-refractivity contribution is -0.142. The number of carboxylic acid groups (broad SMARTS) is 1. The van der Waals surface area contributed by atoms with Gasteiger partial charge in [-0.3, -0.25) is 4.79 Å². The maximum Gasteiger partial charge on any atom is 0.320 e. The van der Waals surface area contributed by atoms with E-state index in [-0.39, 0.29) is 11.9 Å². The minimum Gasteiger partial charge on any atom is -0.481 e. The summed E-state index contributed by atoms with van der Waals surface area (Å²) in [6.45, 7) is 5.07. The van der Waals surface area contributed by atoms with Crippen LogP contribution in [0.4, 0.5) is 4.79 Å². The number of likely N-dealkylation sites (tertiary alicyclic amines) is 1. The molecular weight excluding hydrogens is 224 g/mol. The highest BCUT2D eigenvalue weighted by Gasteiger charge is 2.38. The molecule has 2 atom stereocenters. The SMILES string of the molecule is C[C@@H]1CN(C(=O)N2CCOCC2)C[C@H]1C(=O)O. The molecule has 0 saturated carbocycles. The monoisotopic (exact) mass is 242 g/mol. The van der Waals surface area contributed by atoms with Crippen molar-refractivity contribution in [1.29, 1.82) is 0 Å². The van der Waals surface area contributed by atoms with Crippen molar-refractivity contribution in [2.45, 2.75) is 6.92 Å². The summed E-state index contributed by atoms with van der Waals surface area (Å²) in [4.78, 5) is 26.5. The van der Waals surface area contributed by atoms with E-state index in [0.717, 1.165) is 0 Å². The lowest BCUT2D eigenvalue weighted by Gasteiger charge is -2.30.